The van der Waals surface area contributed by atoms with Crippen LogP contribution < -0.4 is 5.32 Å². The summed E-state index contributed by atoms with van der Waals surface area (Å²) in [5, 5.41) is 11.7. The average Bonchev–Trinajstić information content (AvgIpc) is 3.01. The maximum atomic E-state index is 12.2. The van der Waals surface area contributed by atoms with Gasteiger partial charge < -0.3 is 5.32 Å². The molecule has 1 amide bonds. The molecule has 1 N–H and O–H groups in total. The van der Waals surface area contributed by atoms with E-state index in [1.165, 1.54) is 11.8 Å². The van der Waals surface area contributed by atoms with Gasteiger partial charge in [0.05, 0.1) is 5.56 Å². The number of aromatic nitrogens is 2. The number of nitriles is 1. The van der Waals surface area contributed by atoms with Gasteiger partial charge in [-0.2, -0.15) is 5.26 Å². The van der Waals surface area contributed by atoms with Gasteiger partial charge >= 0.3 is 0 Å². The minimum Gasteiger partial charge on any atom is -0.350 e. The Balaban J connectivity index is 1.64. The number of rotatable bonds is 4. The summed E-state index contributed by atoms with van der Waals surface area (Å²) in [6, 6.07) is 9.45. The van der Waals surface area contributed by atoms with Gasteiger partial charge in [0.1, 0.15) is 11.8 Å². The third-order valence-electron chi connectivity index (χ3n) is 4.45. The number of carbonyl (C=O) groups is 1. The summed E-state index contributed by atoms with van der Waals surface area (Å²) in [7, 11) is 2.10. The number of amides is 1. The summed E-state index contributed by atoms with van der Waals surface area (Å²) in [5.74, 6) is 0.125. The third-order valence-corrected chi connectivity index (χ3v) is 4.45. The van der Waals surface area contributed by atoms with Crippen molar-refractivity contribution in [1.29, 1.82) is 5.26 Å². The molecule has 1 aliphatic heterocycles. The van der Waals surface area contributed by atoms with E-state index in [2.05, 4.69) is 33.3 Å². The molecule has 0 bridgehead atoms. The van der Waals surface area contributed by atoms with Crippen molar-refractivity contribution >= 4 is 5.91 Å². The van der Waals surface area contributed by atoms with E-state index in [0.29, 0.717) is 23.7 Å². The standard InChI is InChI=1S/C18H19N5O/c1-23-8-6-15(17(23)14-3-2-7-20-11-14)12-22-18(24)16-5-4-13(9-19)10-21-16/h2-5,7,10-11,15,17H,6,8,12H2,1H3,(H,22,24)/t15-,17-/m0/s1. The van der Waals surface area contributed by atoms with Gasteiger partial charge in [0, 0.05) is 31.2 Å². The molecule has 6 nitrogen and oxygen atoms in total. The summed E-state index contributed by atoms with van der Waals surface area (Å²) >= 11 is 0. The second-order valence-electron chi connectivity index (χ2n) is 6.01. The lowest BCUT2D eigenvalue weighted by atomic mass is 9.95. The lowest BCUT2D eigenvalue weighted by Gasteiger charge is -2.25. The Hall–Kier alpha value is -2.78. The van der Waals surface area contributed by atoms with Crippen molar-refractivity contribution in [2.75, 3.05) is 20.1 Å². The molecule has 122 valence electrons. The van der Waals surface area contributed by atoms with Gasteiger partial charge in [-0.3, -0.25) is 14.7 Å². The van der Waals surface area contributed by atoms with E-state index in [1.807, 2.05) is 18.3 Å². The Kier molecular flexibility index (Phi) is 4.82. The number of likely N-dealkylation sites (tertiary alicyclic amines) is 1. The molecule has 2 atom stereocenters. The third kappa shape index (κ3) is 3.42. The minimum absolute atomic E-state index is 0.209. The molecule has 0 unspecified atom stereocenters. The van der Waals surface area contributed by atoms with Crippen molar-refractivity contribution in [3.8, 4) is 6.07 Å². The first-order chi connectivity index (χ1) is 11.7. The number of hydrogen-bond acceptors (Lipinski definition) is 5. The number of nitrogens with one attached hydrogen (secondary N) is 1. The van der Waals surface area contributed by atoms with Gasteiger partial charge in [0.2, 0.25) is 0 Å². The Labute approximate surface area is 141 Å². The van der Waals surface area contributed by atoms with E-state index in [1.54, 1.807) is 18.3 Å². The minimum atomic E-state index is -0.209. The lowest BCUT2D eigenvalue weighted by molar-refractivity contribution is 0.0938. The first kappa shape index (κ1) is 16.1. The van der Waals surface area contributed by atoms with Gasteiger partial charge in [0.15, 0.2) is 0 Å². The van der Waals surface area contributed by atoms with Crippen LogP contribution >= 0.6 is 0 Å². The highest BCUT2D eigenvalue weighted by Gasteiger charge is 2.33. The fourth-order valence-corrected chi connectivity index (χ4v) is 3.23. The fourth-order valence-electron chi connectivity index (χ4n) is 3.23. The molecular weight excluding hydrogens is 302 g/mol. The molecule has 0 saturated carbocycles. The van der Waals surface area contributed by atoms with E-state index in [-0.39, 0.29) is 11.9 Å². The highest BCUT2D eigenvalue weighted by Crippen LogP contribution is 2.35. The van der Waals surface area contributed by atoms with Crippen molar-refractivity contribution in [2.24, 2.45) is 5.92 Å². The van der Waals surface area contributed by atoms with Gasteiger partial charge in [-0.15, -0.1) is 0 Å². The molecule has 3 heterocycles. The molecule has 2 aromatic heterocycles. The summed E-state index contributed by atoms with van der Waals surface area (Å²) in [6.45, 7) is 1.58. The predicted octanol–water partition coefficient (Wildman–Crippen LogP) is 1.77. The van der Waals surface area contributed by atoms with Crippen LogP contribution in [-0.2, 0) is 0 Å². The number of carbonyl (C=O) groups excluding carboxylic acids is 1. The largest absolute Gasteiger partial charge is 0.350 e. The molecule has 1 fully saturated rings. The molecule has 1 aliphatic rings. The molecule has 0 spiro atoms. The van der Waals surface area contributed by atoms with Crippen LogP contribution in [0.5, 0.6) is 0 Å². The van der Waals surface area contributed by atoms with E-state index >= 15 is 0 Å². The zero-order chi connectivity index (χ0) is 16.9. The molecule has 3 rings (SSSR count). The molecule has 1 saturated heterocycles. The summed E-state index contributed by atoms with van der Waals surface area (Å²) in [6.07, 6.45) is 6.10. The second-order valence-corrected chi connectivity index (χ2v) is 6.01. The lowest BCUT2D eigenvalue weighted by Crippen LogP contribution is -2.32. The summed E-state index contributed by atoms with van der Waals surface area (Å²) in [5.41, 5.74) is 1.95. The van der Waals surface area contributed by atoms with Crippen LogP contribution in [0.2, 0.25) is 0 Å². The smallest absolute Gasteiger partial charge is 0.269 e. The SMILES string of the molecule is CN1CC[C@@H](CNC(=O)c2ccc(C#N)cn2)[C@@H]1c1cccnc1. The molecule has 6 heteroatoms. The zero-order valence-electron chi connectivity index (χ0n) is 13.5. The molecule has 0 aromatic carbocycles. The summed E-state index contributed by atoms with van der Waals surface area (Å²) < 4.78 is 0. The van der Waals surface area contributed by atoms with Crippen molar-refractivity contribution in [3.05, 3.63) is 59.7 Å². The predicted molar refractivity (Wildman–Crippen MR) is 89.0 cm³/mol. The van der Waals surface area contributed by atoms with Crippen molar-refractivity contribution < 1.29 is 4.79 Å². The Morgan fingerprint density at radius 3 is 2.96 bits per heavy atom. The van der Waals surface area contributed by atoms with Gasteiger partial charge in [-0.25, -0.2) is 4.98 Å². The van der Waals surface area contributed by atoms with Crippen LogP contribution in [-0.4, -0.2) is 40.9 Å². The first-order valence-corrected chi connectivity index (χ1v) is 7.93. The van der Waals surface area contributed by atoms with Crippen LogP contribution in [0, 0.1) is 17.2 Å². The van der Waals surface area contributed by atoms with Gasteiger partial charge in [-0.1, -0.05) is 6.07 Å². The first-order valence-electron chi connectivity index (χ1n) is 7.93. The highest BCUT2D eigenvalue weighted by atomic mass is 16.1. The van der Waals surface area contributed by atoms with Crippen LogP contribution in [0.3, 0.4) is 0 Å². The van der Waals surface area contributed by atoms with Crippen LogP contribution in [0.25, 0.3) is 0 Å². The molecule has 24 heavy (non-hydrogen) atoms. The van der Waals surface area contributed by atoms with Crippen LogP contribution in [0.1, 0.15) is 34.1 Å². The van der Waals surface area contributed by atoms with E-state index < -0.39 is 0 Å². The topological polar surface area (TPSA) is 81.9 Å². The van der Waals surface area contributed by atoms with Crippen molar-refractivity contribution in [2.45, 2.75) is 12.5 Å². The van der Waals surface area contributed by atoms with E-state index in [0.717, 1.165) is 13.0 Å². The van der Waals surface area contributed by atoms with Gasteiger partial charge in [-0.05, 0) is 49.7 Å². The molecule has 0 radical (unpaired) electrons. The van der Waals surface area contributed by atoms with Crippen molar-refractivity contribution in [3.63, 3.8) is 0 Å². The summed E-state index contributed by atoms with van der Waals surface area (Å²) in [4.78, 5) is 22.8. The Bertz CT molecular complexity index is 738. The average molecular weight is 321 g/mol. The number of nitrogens with zero attached hydrogens (tertiary/aromatic N) is 4. The van der Waals surface area contributed by atoms with Crippen LogP contribution in [0.4, 0.5) is 0 Å². The zero-order valence-corrected chi connectivity index (χ0v) is 13.5. The molecular formula is C18H19N5O. The second kappa shape index (κ2) is 7.20. The normalized spacial score (nSPS) is 20.5. The molecule has 2 aromatic rings. The quantitative estimate of drug-likeness (QED) is 0.928. The highest BCUT2D eigenvalue weighted by molar-refractivity contribution is 5.92. The Morgan fingerprint density at radius 1 is 1.42 bits per heavy atom. The van der Waals surface area contributed by atoms with Crippen LogP contribution in [0.15, 0.2) is 42.9 Å². The van der Waals surface area contributed by atoms with E-state index in [4.69, 9.17) is 5.26 Å². The monoisotopic (exact) mass is 321 g/mol. The maximum absolute atomic E-state index is 12.2. The van der Waals surface area contributed by atoms with Gasteiger partial charge in [0.25, 0.3) is 5.91 Å². The number of hydrogen-bond donors (Lipinski definition) is 1. The number of pyridine rings is 2. The fraction of sp³-hybridized carbons (Fsp3) is 0.333. The Morgan fingerprint density at radius 2 is 2.29 bits per heavy atom. The van der Waals surface area contributed by atoms with Crippen molar-refractivity contribution in [1.82, 2.24) is 20.2 Å². The van der Waals surface area contributed by atoms with E-state index in [9.17, 15) is 4.79 Å². The molecule has 0 aliphatic carbocycles. The maximum Gasteiger partial charge on any atom is 0.269 e.